The molecule has 1 aliphatic heterocycles. The summed E-state index contributed by atoms with van der Waals surface area (Å²) in [4.78, 5) is 2.60. The van der Waals surface area contributed by atoms with Crippen LogP contribution < -0.4 is 5.32 Å². The Balaban J connectivity index is 1.51. The normalized spacial score (nSPS) is 23.4. The molecule has 0 amide bonds. The van der Waals surface area contributed by atoms with Gasteiger partial charge in [-0.2, -0.15) is 0 Å². The van der Waals surface area contributed by atoms with Crippen LogP contribution in [-0.2, 0) is 6.42 Å². The Labute approximate surface area is 127 Å². The lowest BCUT2D eigenvalue weighted by molar-refractivity contribution is 0.188. The van der Waals surface area contributed by atoms with Crippen LogP contribution in [0.5, 0.6) is 0 Å². The fourth-order valence-corrected chi connectivity index (χ4v) is 3.75. The van der Waals surface area contributed by atoms with E-state index < -0.39 is 0 Å². The van der Waals surface area contributed by atoms with Crippen LogP contribution in [0.15, 0.2) is 18.2 Å². The van der Waals surface area contributed by atoms with Crippen LogP contribution in [0.1, 0.15) is 56.2 Å². The molecular formula is C18H27FN2. The first kappa shape index (κ1) is 15.0. The molecule has 1 atom stereocenters. The molecule has 1 unspecified atom stereocenters. The molecule has 1 aliphatic carbocycles. The van der Waals surface area contributed by atoms with Gasteiger partial charge in [-0.15, -0.1) is 0 Å². The van der Waals surface area contributed by atoms with Gasteiger partial charge in [-0.1, -0.05) is 19.4 Å². The lowest BCUT2D eigenvalue weighted by atomic mass is 10.0. The summed E-state index contributed by atoms with van der Waals surface area (Å²) in [5.41, 5.74) is 2.53. The lowest BCUT2D eigenvalue weighted by Crippen LogP contribution is -2.43. The molecule has 116 valence electrons. The molecule has 0 saturated carbocycles. The monoisotopic (exact) mass is 290 g/mol. The molecule has 0 spiro atoms. The molecule has 1 fully saturated rings. The van der Waals surface area contributed by atoms with Crippen LogP contribution in [0.2, 0.25) is 0 Å². The van der Waals surface area contributed by atoms with Gasteiger partial charge in [-0.05, 0) is 75.0 Å². The van der Waals surface area contributed by atoms with E-state index in [-0.39, 0.29) is 5.82 Å². The lowest BCUT2D eigenvalue weighted by Gasteiger charge is -2.34. The van der Waals surface area contributed by atoms with Crippen molar-refractivity contribution in [2.45, 2.75) is 57.5 Å². The number of fused-ring (bicyclic) bond motifs is 1. The maximum Gasteiger partial charge on any atom is 0.123 e. The topological polar surface area (TPSA) is 15.3 Å². The average molecular weight is 290 g/mol. The number of unbranched alkanes of at least 4 members (excludes halogenated alkanes) is 1. The summed E-state index contributed by atoms with van der Waals surface area (Å²) in [5.74, 6) is -0.0985. The predicted octanol–water partition coefficient (Wildman–Crippen LogP) is 3.67. The van der Waals surface area contributed by atoms with Crippen molar-refractivity contribution in [3.63, 3.8) is 0 Å². The van der Waals surface area contributed by atoms with Crippen LogP contribution in [0, 0.1) is 5.82 Å². The Morgan fingerprint density at radius 2 is 2.05 bits per heavy atom. The number of halogens is 1. The minimum Gasteiger partial charge on any atom is -0.307 e. The zero-order chi connectivity index (χ0) is 14.7. The molecule has 1 saturated heterocycles. The number of rotatable bonds is 5. The van der Waals surface area contributed by atoms with E-state index in [2.05, 4.69) is 17.1 Å². The van der Waals surface area contributed by atoms with Gasteiger partial charge in [0.2, 0.25) is 0 Å². The van der Waals surface area contributed by atoms with Crippen LogP contribution in [0.4, 0.5) is 4.39 Å². The Hall–Kier alpha value is -0.930. The zero-order valence-corrected chi connectivity index (χ0v) is 13.1. The molecule has 21 heavy (non-hydrogen) atoms. The highest BCUT2D eigenvalue weighted by Gasteiger charge is 2.26. The summed E-state index contributed by atoms with van der Waals surface area (Å²) in [5, 5.41) is 3.82. The van der Waals surface area contributed by atoms with E-state index in [9.17, 15) is 4.39 Å². The van der Waals surface area contributed by atoms with Gasteiger partial charge in [0.05, 0.1) is 0 Å². The predicted molar refractivity (Wildman–Crippen MR) is 85.0 cm³/mol. The highest BCUT2D eigenvalue weighted by atomic mass is 19.1. The molecule has 2 aliphatic rings. The van der Waals surface area contributed by atoms with E-state index in [1.807, 2.05) is 6.07 Å². The standard InChI is InChI=1S/C18H27FN2/c1-2-3-10-21-11-8-16(9-12-21)20-18-7-4-14-13-15(19)5-6-17(14)18/h5-6,13,16,18,20H,2-4,7-12H2,1H3. The number of aryl methyl sites for hydroxylation is 1. The average Bonchev–Trinajstić information content (AvgIpc) is 2.88. The van der Waals surface area contributed by atoms with Crippen molar-refractivity contribution in [3.8, 4) is 0 Å². The van der Waals surface area contributed by atoms with E-state index in [4.69, 9.17) is 0 Å². The Kier molecular flexibility index (Phi) is 4.91. The number of hydrogen-bond acceptors (Lipinski definition) is 2. The van der Waals surface area contributed by atoms with Crippen molar-refractivity contribution in [3.05, 3.63) is 35.1 Å². The van der Waals surface area contributed by atoms with Crippen LogP contribution in [0.25, 0.3) is 0 Å². The molecule has 0 aromatic heterocycles. The molecule has 0 radical (unpaired) electrons. The zero-order valence-electron chi connectivity index (χ0n) is 13.1. The first-order valence-corrected chi connectivity index (χ1v) is 8.53. The first-order chi connectivity index (χ1) is 10.3. The number of piperidine rings is 1. The maximum absolute atomic E-state index is 13.3. The third-order valence-corrected chi connectivity index (χ3v) is 5.04. The molecular weight excluding hydrogens is 263 g/mol. The van der Waals surface area contributed by atoms with E-state index in [0.29, 0.717) is 12.1 Å². The van der Waals surface area contributed by atoms with Gasteiger partial charge in [0.1, 0.15) is 5.82 Å². The quantitative estimate of drug-likeness (QED) is 0.890. The van der Waals surface area contributed by atoms with E-state index in [1.54, 1.807) is 12.1 Å². The Morgan fingerprint density at radius 1 is 1.24 bits per heavy atom. The van der Waals surface area contributed by atoms with Crippen molar-refractivity contribution in [1.29, 1.82) is 0 Å². The number of nitrogens with zero attached hydrogens (tertiary/aromatic N) is 1. The van der Waals surface area contributed by atoms with E-state index >= 15 is 0 Å². The molecule has 1 heterocycles. The summed E-state index contributed by atoms with van der Waals surface area (Å²) in [6.45, 7) is 5.96. The van der Waals surface area contributed by atoms with Crippen molar-refractivity contribution in [2.75, 3.05) is 19.6 Å². The molecule has 1 aromatic rings. The maximum atomic E-state index is 13.3. The summed E-state index contributed by atoms with van der Waals surface area (Å²) in [6.07, 6.45) is 7.23. The van der Waals surface area contributed by atoms with Gasteiger partial charge in [-0.3, -0.25) is 0 Å². The fourth-order valence-electron chi connectivity index (χ4n) is 3.75. The van der Waals surface area contributed by atoms with Gasteiger partial charge in [0.25, 0.3) is 0 Å². The van der Waals surface area contributed by atoms with Crippen molar-refractivity contribution < 1.29 is 4.39 Å². The van der Waals surface area contributed by atoms with Gasteiger partial charge in [-0.25, -0.2) is 4.39 Å². The smallest absolute Gasteiger partial charge is 0.123 e. The van der Waals surface area contributed by atoms with Crippen LogP contribution >= 0.6 is 0 Å². The third-order valence-electron chi connectivity index (χ3n) is 5.04. The minimum absolute atomic E-state index is 0.0985. The van der Waals surface area contributed by atoms with Gasteiger partial charge >= 0.3 is 0 Å². The number of nitrogens with one attached hydrogen (secondary N) is 1. The number of likely N-dealkylation sites (tertiary alicyclic amines) is 1. The van der Waals surface area contributed by atoms with Gasteiger partial charge < -0.3 is 10.2 Å². The highest BCUT2D eigenvalue weighted by molar-refractivity contribution is 5.35. The Bertz CT molecular complexity index is 466. The van der Waals surface area contributed by atoms with Crippen molar-refractivity contribution >= 4 is 0 Å². The molecule has 2 nitrogen and oxygen atoms in total. The van der Waals surface area contributed by atoms with Gasteiger partial charge in [0.15, 0.2) is 0 Å². The van der Waals surface area contributed by atoms with Gasteiger partial charge in [0, 0.05) is 12.1 Å². The molecule has 1 aromatic carbocycles. The minimum atomic E-state index is -0.0985. The van der Waals surface area contributed by atoms with Crippen LogP contribution in [0.3, 0.4) is 0 Å². The molecule has 3 heteroatoms. The van der Waals surface area contributed by atoms with Crippen molar-refractivity contribution in [1.82, 2.24) is 10.2 Å². The summed E-state index contributed by atoms with van der Waals surface area (Å²) >= 11 is 0. The molecule has 1 N–H and O–H groups in total. The molecule has 0 bridgehead atoms. The highest BCUT2D eigenvalue weighted by Crippen LogP contribution is 2.32. The SMILES string of the molecule is CCCCN1CCC(NC2CCc3cc(F)ccc32)CC1. The second-order valence-electron chi connectivity index (χ2n) is 6.57. The second-order valence-corrected chi connectivity index (χ2v) is 6.57. The summed E-state index contributed by atoms with van der Waals surface area (Å²) < 4.78 is 13.3. The van der Waals surface area contributed by atoms with E-state index in [1.165, 1.54) is 56.4 Å². The first-order valence-electron chi connectivity index (χ1n) is 8.53. The van der Waals surface area contributed by atoms with Crippen LogP contribution in [-0.4, -0.2) is 30.6 Å². The largest absolute Gasteiger partial charge is 0.307 e. The summed E-state index contributed by atoms with van der Waals surface area (Å²) in [7, 11) is 0. The Morgan fingerprint density at radius 3 is 2.81 bits per heavy atom. The number of benzene rings is 1. The van der Waals surface area contributed by atoms with E-state index in [0.717, 1.165) is 12.8 Å². The third kappa shape index (κ3) is 3.64. The second kappa shape index (κ2) is 6.89. The summed E-state index contributed by atoms with van der Waals surface area (Å²) in [6, 6.07) is 6.36. The number of hydrogen-bond donors (Lipinski definition) is 1. The fraction of sp³-hybridized carbons (Fsp3) is 0.667. The van der Waals surface area contributed by atoms with Crippen molar-refractivity contribution in [2.24, 2.45) is 0 Å². The molecule has 3 rings (SSSR count).